The predicted octanol–water partition coefficient (Wildman–Crippen LogP) is 3.48. The molecule has 0 fully saturated rings. The summed E-state index contributed by atoms with van der Waals surface area (Å²) in [5.41, 5.74) is 2.57. The lowest BCUT2D eigenvalue weighted by atomic mass is 9.97. The molecule has 2 aromatic rings. The Kier molecular flexibility index (Phi) is 5.85. The van der Waals surface area contributed by atoms with Gasteiger partial charge >= 0.3 is 0 Å². The van der Waals surface area contributed by atoms with E-state index >= 15 is 0 Å². The van der Waals surface area contributed by atoms with Gasteiger partial charge < -0.3 is 9.64 Å². The van der Waals surface area contributed by atoms with E-state index in [4.69, 9.17) is 4.74 Å². The number of hydrogen-bond donors (Lipinski definition) is 0. The van der Waals surface area contributed by atoms with E-state index < -0.39 is 4.92 Å². The highest BCUT2D eigenvalue weighted by Crippen LogP contribution is 2.31. The van der Waals surface area contributed by atoms with Crippen LogP contribution >= 0.6 is 0 Å². The molecular formula is C20H25N3O3. The maximum Gasteiger partial charge on any atom is 0.269 e. The van der Waals surface area contributed by atoms with Crippen LogP contribution in [0.3, 0.4) is 0 Å². The fourth-order valence-electron chi connectivity index (χ4n) is 3.32. The second-order valence-corrected chi connectivity index (χ2v) is 6.95. The first kappa shape index (κ1) is 18.4. The van der Waals surface area contributed by atoms with E-state index in [0.29, 0.717) is 5.75 Å². The van der Waals surface area contributed by atoms with Crippen molar-refractivity contribution in [1.82, 2.24) is 9.80 Å². The molecule has 6 heteroatoms. The number of nitrogens with zero attached hydrogens (tertiary/aromatic N) is 3. The van der Waals surface area contributed by atoms with Crippen molar-refractivity contribution in [2.75, 3.05) is 33.7 Å². The molecule has 0 N–H and O–H groups in total. The first-order chi connectivity index (χ1) is 12.5. The van der Waals surface area contributed by atoms with Crippen LogP contribution < -0.4 is 4.74 Å². The van der Waals surface area contributed by atoms with Crippen LogP contribution in [0.1, 0.15) is 23.7 Å². The molecule has 2 aromatic carbocycles. The highest BCUT2D eigenvalue weighted by atomic mass is 16.6. The summed E-state index contributed by atoms with van der Waals surface area (Å²) >= 11 is 0. The summed E-state index contributed by atoms with van der Waals surface area (Å²) in [6.45, 7) is 3.84. The average molecular weight is 355 g/mol. The molecule has 0 saturated carbocycles. The highest BCUT2D eigenvalue weighted by Gasteiger charge is 2.26. The van der Waals surface area contributed by atoms with E-state index in [1.54, 1.807) is 12.1 Å². The Hall–Kier alpha value is -2.44. The molecule has 0 spiro atoms. The quantitative estimate of drug-likeness (QED) is 0.562. The maximum absolute atomic E-state index is 10.8. The minimum atomic E-state index is -0.397. The van der Waals surface area contributed by atoms with E-state index in [-0.39, 0.29) is 11.8 Å². The molecule has 0 aliphatic carbocycles. The Morgan fingerprint density at radius 2 is 1.92 bits per heavy atom. The van der Waals surface area contributed by atoms with E-state index in [1.807, 2.05) is 6.07 Å². The molecule has 0 bridgehead atoms. The fraction of sp³-hybridized carbons (Fsp3) is 0.400. The molecule has 0 aromatic heterocycles. The molecular weight excluding hydrogens is 330 g/mol. The number of rotatable bonds is 7. The normalized spacial score (nSPS) is 17.1. The SMILES string of the molecule is CN(C)CCCN1Cc2ccccc2C(Oc2ccc([N+](=O)[O-])cc2)C1. The second-order valence-electron chi connectivity index (χ2n) is 6.95. The zero-order valence-corrected chi connectivity index (χ0v) is 15.3. The molecule has 1 aliphatic rings. The van der Waals surface area contributed by atoms with Gasteiger partial charge in [-0.25, -0.2) is 0 Å². The van der Waals surface area contributed by atoms with Crippen molar-refractivity contribution >= 4 is 5.69 Å². The summed E-state index contributed by atoms with van der Waals surface area (Å²) in [4.78, 5) is 15.0. The van der Waals surface area contributed by atoms with Gasteiger partial charge in [0.05, 0.1) is 4.92 Å². The molecule has 0 amide bonds. The number of fused-ring (bicyclic) bond motifs is 1. The van der Waals surface area contributed by atoms with Gasteiger partial charge in [0, 0.05) is 25.2 Å². The van der Waals surface area contributed by atoms with Crippen molar-refractivity contribution in [1.29, 1.82) is 0 Å². The van der Waals surface area contributed by atoms with Crippen LogP contribution in [0.4, 0.5) is 5.69 Å². The molecule has 3 rings (SSSR count). The van der Waals surface area contributed by atoms with Crippen LogP contribution in [-0.4, -0.2) is 48.5 Å². The van der Waals surface area contributed by atoms with Gasteiger partial charge in [-0.15, -0.1) is 0 Å². The predicted molar refractivity (Wildman–Crippen MR) is 101 cm³/mol. The summed E-state index contributed by atoms with van der Waals surface area (Å²) in [5.74, 6) is 0.658. The Morgan fingerprint density at radius 3 is 2.62 bits per heavy atom. The minimum Gasteiger partial charge on any atom is -0.484 e. The second kappa shape index (κ2) is 8.29. The van der Waals surface area contributed by atoms with Crippen molar-refractivity contribution in [2.45, 2.75) is 19.1 Å². The zero-order chi connectivity index (χ0) is 18.5. The van der Waals surface area contributed by atoms with Crippen LogP contribution in [0.25, 0.3) is 0 Å². The molecule has 6 nitrogen and oxygen atoms in total. The smallest absolute Gasteiger partial charge is 0.269 e. The van der Waals surface area contributed by atoms with Crippen LogP contribution in [0.2, 0.25) is 0 Å². The van der Waals surface area contributed by atoms with Crippen LogP contribution in [0, 0.1) is 10.1 Å². The first-order valence-electron chi connectivity index (χ1n) is 8.89. The molecule has 138 valence electrons. The monoisotopic (exact) mass is 355 g/mol. The number of nitro benzene ring substituents is 1. The van der Waals surface area contributed by atoms with Crippen LogP contribution in [-0.2, 0) is 6.54 Å². The van der Waals surface area contributed by atoms with E-state index in [9.17, 15) is 10.1 Å². The van der Waals surface area contributed by atoms with Crippen molar-refractivity contribution in [3.8, 4) is 5.75 Å². The van der Waals surface area contributed by atoms with Gasteiger partial charge in [0.1, 0.15) is 11.9 Å². The summed E-state index contributed by atoms with van der Waals surface area (Å²) in [7, 11) is 4.18. The molecule has 0 radical (unpaired) electrons. The Balaban J connectivity index is 1.72. The third-order valence-electron chi connectivity index (χ3n) is 4.63. The van der Waals surface area contributed by atoms with Gasteiger partial charge in [-0.1, -0.05) is 24.3 Å². The number of ether oxygens (including phenoxy) is 1. The van der Waals surface area contributed by atoms with E-state index in [0.717, 1.165) is 32.6 Å². The Morgan fingerprint density at radius 1 is 1.19 bits per heavy atom. The third-order valence-corrected chi connectivity index (χ3v) is 4.63. The topological polar surface area (TPSA) is 58.8 Å². The van der Waals surface area contributed by atoms with Gasteiger partial charge in [-0.2, -0.15) is 0 Å². The van der Waals surface area contributed by atoms with E-state index in [1.165, 1.54) is 23.3 Å². The Labute approximate surface area is 154 Å². The number of non-ortho nitro benzene ring substituents is 1. The third kappa shape index (κ3) is 4.59. The van der Waals surface area contributed by atoms with Crippen LogP contribution in [0.15, 0.2) is 48.5 Å². The van der Waals surface area contributed by atoms with Crippen molar-refractivity contribution < 1.29 is 9.66 Å². The summed E-state index contributed by atoms with van der Waals surface area (Å²) < 4.78 is 6.20. The molecule has 26 heavy (non-hydrogen) atoms. The maximum atomic E-state index is 10.8. The standard InChI is InChI=1S/C20H25N3O3/c1-21(2)12-5-13-22-14-16-6-3-4-7-19(16)20(15-22)26-18-10-8-17(9-11-18)23(24)25/h3-4,6-11,20H,5,12-15H2,1-2H3. The summed E-state index contributed by atoms with van der Waals surface area (Å²) in [5, 5.41) is 10.8. The molecule has 0 saturated heterocycles. The number of benzene rings is 2. The van der Waals surface area contributed by atoms with Gasteiger partial charge in [0.15, 0.2) is 0 Å². The minimum absolute atomic E-state index is 0.0687. The van der Waals surface area contributed by atoms with Gasteiger partial charge in [0.25, 0.3) is 5.69 Å². The van der Waals surface area contributed by atoms with Crippen molar-refractivity contribution in [2.24, 2.45) is 0 Å². The molecule has 1 aliphatic heterocycles. The molecule has 1 atom stereocenters. The van der Waals surface area contributed by atoms with Gasteiger partial charge in [0.2, 0.25) is 0 Å². The average Bonchev–Trinajstić information content (AvgIpc) is 2.62. The lowest BCUT2D eigenvalue weighted by Crippen LogP contribution is -2.37. The van der Waals surface area contributed by atoms with Crippen LogP contribution in [0.5, 0.6) is 5.75 Å². The van der Waals surface area contributed by atoms with Crippen molar-refractivity contribution in [3.63, 3.8) is 0 Å². The fourth-order valence-corrected chi connectivity index (χ4v) is 3.32. The Bertz CT molecular complexity index is 746. The highest BCUT2D eigenvalue weighted by molar-refractivity contribution is 5.37. The van der Waals surface area contributed by atoms with Crippen molar-refractivity contribution in [3.05, 3.63) is 69.8 Å². The van der Waals surface area contributed by atoms with Gasteiger partial charge in [-0.3, -0.25) is 15.0 Å². The summed E-state index contributed by atoms with van der Waals surface area (Å²) in [6.07, 6.45) is 1.04. The number of nitro groups is 1. The molecule has 1 heterocycles. The number of hydrogen-bond acceptors (Lipinski definition) is 5. The van der Waals surface area contributed by atoms with E-state index in [2.05, 4.69) is 42.1 Å². The lowest BCUT2D eigenvalue weighted by Gasteiger charge is -2.35. The zero-order valence-electron chi connectivity index (χ0n) is 15.3. The molecule has 1 unspecified atom stereocenters. The summed E-state index contributed by atoms with van der Waals surface area (Å²) in [6, 6.07) is 14.7. The van der Waals surface area contributed by atoms with Gasteiger partial charge in [-0.05, 0) is 56.9 Å². The first-order valence-corrected chi connectivity index (χ1v) is 8.89. The lowest BCUT2D eigenvalue weighted by molar-refractivity contribution is -0.384. The largest absolute Gasteiger partial charge is 0.484 e.